The molecule has 1 aromatic rings. The molecule has 1 aromatic heterocycles. The Hall–Kier alpha value is -2.11. The maximum Gasteiger partial charge on any atom is 0.303 e. The van der Waals surface area contributed by atoms with E-state index in [1.165, 1.54) is 6.20 Å². The SMILES string of the molecule is CC(C)Oc1ccc(C(=O)NCCCCCC(=O)O)cn1. The molecule has 0 radical (unpaired) electrons. The van der Waals surface area contributed by atoms with Crippen molar-refractivity contribution in [2.45, 2.75) is 45.6 Å². The summed E-state index contributed by atoms with van der Waals surface area (Å²) in [6, 6.07) is 3.34. The Labute approximate surface area is 124 Å². The lowest BCUT2D eigenvalue weighted by molar-refractivity contribution is -0.137. The summed E-state index contributed by atoms with van der Waals surface area (Å²) >= 11 is 0. The highest BCUT2D eigenvalue weighted by molar-refractivity contribution is 5.93. The van der Waals surface area contributed by atoms with Crippen LogP contribution in [0.5, 0.6) is 5.88 Å². The molecule has 0 aromatic carbocycles. The number of ether oxygens (including phenoxy) is 1. The summed E-state index contributed by atoms with van der Waals surface area (Å²) in [7, 11) is 0. The predicted molar refractivity (Wildman–Crippen MR) is 78.4 cm³/mol. The van der Waals surface area contributed by atoms with Crippen molar-refractivity contribution in [1.82, 2.24) is 10.3 Å². The highest BCUT2D eigenvalue weighted by Crippen LogP contribution is 2.09. The molecule has 0 spiro atoms. The predicted octanol–water partition coefficient (Wildman–Crippen LogP) is 2.24. The summed E-state index contributed by atoms with van der Waals surface area (Å²) in [6.07, 6.45) is 3.89. The number of nitrogens with one attached hydrogen (secondary N) is 1. The van der Waals surface area contributed by atoms with Crippen molar-refractivity contribution in [3.05, 3.63) is 23.9 Å². The van der Waals surface area contributed by atoms with E-state index >= 15 is 0 Å². The summed E-state index contributed by atoms with van der Waals surface area (Å²) in [5.74, 6) is -0.471. The van der Waals surface area contributed by atoms with Crippen LogP contribution in [0.4, 0.5) is 0 Å². The van der Waals surface area contributed by atoms with Crippen LogP contribution >= 0.6 is 0 Å². The smallest absolute Gasteiger partial charge is 0.303 e. The third kappa shape index (κ3) is 7.29. The molecular weight excluding hydrogens is 272 g/mol. The van der Waals surface area contributed by atoms with Gasteiger partial charge in [-0.15, -0.1) is 0 Å². The van der Waals surface area contributed by atoms with E-state index in [9.17, 15) is 9.59 Å². The molecule has 6 nitrogen and oxygen atoms in total. The Morgan fingerprint density at radius 2 is 2.05 bits per heavy atom. The first-order valence-electron chi connectivity index (χ1n) is 7.11. The number of amides is 1. The van der Waals surface area contributed by atoms with Crippen molar-refractivity contribution in [2.24, 2.45) is 0 Å². The zero-order valence-corrected chi connectivity index (χ0v) is 12.5. The Balaban J connectivity index is 2.27. The fourth-order valence-electron chi connectivity index (χ4n) is 1.71. The molecule has 6 heteroatoms. The van der Waals surface area contributed by atoms with E-state index in [1.54, 1.807) is 12.1 Å². The first kappa shape index (κ1) is 16.9. The van der Waals surface area contributed by atoms with Gasteiger partial charge in [0.15, 0.2) is 0 Å². The highest BCUT2D eigenvalue weighted by atomic mass is 16.5. The number of hydrogen-bond acceptors (Lipinski definition) is 4. The van der Waals surface area contributed by atoms with Gasteiger partial charge in [0.1, 0.15) is 0 Å². The van der Waals surface area contributed by atoms with Crippen molar-refractivity contribution in [3.63, 3.8) is 0 Å². The van der Waals surface area contributed by atoms with Crippen molar-refractivity contribution in [2.75, 3.05) is 6.54 Å². The Bertz CT molecular complexity index is 457. The van der Waals surface area contributed by atoms with E-state index in [0.29, 0.717) is 24.4 Å². The largest absolute Gasteiger partial charge is 0.481 e. The van der Waals surface area contributed by atoms with E-state index in [4.69, 9.17) is 9.84 Å². The normalized spacial score (nSPS) is 10.4. The van der Waals surface area contributed by atoms with Crippen LogP contribution in [-0.2, 0) is 4.79 Å². The quantitative estimate of drug-likeness (QED) is 0.682. The lowest BCUT2D eigenvalue weighted by atomic mass is 10.2. The topological polar surface area (TPSA) is 88.5 Å². The summed E-state index contributed by atoms with van der Waals surface area (Å²) < 4.78 is 5.40. The Morgan fingerprint density at radius 3 is 2.62 bits per heavy atom. The van der Waals surface area contributed by atoms with Gasteiger partial charge in [0.05, 0.1) is 11.7 Å². The fourth-order valence-corrected chi connectivity index (χ4v) is 1.71. The van der Waals surface area contributed by atoms with Gasteiger partial charge in [-0.2, -0.15) is 0 Å². The third-order valence-electron chi connectivity index (χ3n) is 2.71. The van der Waals surface area contributed by atoms with Crippen molar-refractivity contribution >= 4 is 11.9 Å². The molecule has 1 rings (SSSR count). The maximum atomic E-state index is 11.8. The van der Waals surface area contributed by atoms with Crippen LogP contribution in [0.1, 0.15) is 49.9 Å². The second-order valence-corrected chi connectivity index (χ2v) is 5.01. The molecule has 1 heterocycles. The zero-order valence-electron chi connectivity index (χ0n) is 12.5. The van der Waals surface area contributed by atoms with Crippen LogP contribution in [0, 0.1) is 0 Å². The molecule has 0 unspecified atom stereocenters. The zero-order chi connectivity index (χ0) is 15.7. The molecule has 0 atom stereocenters. The third-order valence-corrected chi connectivity index (χ3v) is 2.71. The Morgan fingerprint density at radius 1 is 1.29 bits per heavy atom. The van der Waals surface area contributed by atoms with Crippen molar-refractivity contribution in [1.29, 1.82) is 0 Å². The number of carboxylic acid groups (broad SMARTS) is 1. The molecule has 0 saturated heterocycles. The second-order valence-electron chi connectivity index (χ2n) is 5.01. The number of hydrogen-bond donors (Lipinski definition) is 2. The van der Waals surface area contributed by atoms with Crippen LogP contribution in [0.3, 0.4) is 0 Å². The first-order valence-corrected chi connectivity index (χ1v) is 7.11. The number of nitrogens with zero attached hydrogens (tertiary/aromatic N) is 1. The minimum atomic E-state index is -0.784. The minimum Gasteiger partial charge on any atom is -0.481 e. The second kappa shape index (κ2) is 8.94. The molecular formula is C15H22N2O4. The molecule has 0 aliphatic heterocycles. The number of carbonyl (C=O) groups is 2. The van der Waals surface area contributed by atoms with Crippen molar-refractivity contribution in [3.8, 4) is 5.88 Å². The van der Waals surface area contributed by atoms with Crippen LogP contribution < -0.4 is 10.1 Å². The average Bonchev–Trinajstić information content (AvgIpc) is 2.42. The van der Waals surface area contributed by atoms with Gasteiger partial charge in [0.25, 0.3) is 5.91 Å². The average molecular weight is 294 g/mol. The van der Waals surface area contributed by atoms with Crippen molar-refractivity contribution < 1.29 is 19.4 Å². The van der Waals surface area contributed by atoms with Gasteiger partial charge in [0.2, 0.25) is 5.88 Å². The Kier molecular flexibility index (Phi) is 7.21. The number of aromatic nitrogens is 1. The number of rotatable bonds is 9. The summed E-state index contributed by atoms with van der Waals surface area (Å²) in [6.45, 7) is 4.35. The van der Waals surface area contributed by atoms with E-state index in [0.717, 1.165) is 12.8 Å². The van der Waals surface area contributed by atoms with Crippen LogP contribution in [0.15, 0.2) is 18.3 Å². The first-order chi connectivity index (χ1) is 9.99. The van der Waals surface area contributed by atoms with Gasteiger partial charge < -0.3 is 15.2 Å². The summed E-state index contributed by atoms with van der Waals surface area (Å²) in [5, 5.41) is 11.3. The molecule has 116 valence electrons. The van der Waals surface area contributed by atoms with Gasteiger partial charge >= 0.3 is 5.97 Å². The summed E-state index contributed by atoms with van der Waals surface area (Å²) in [4.78, 5) is 26.2. The van der Waals surface area contributed by atoms with Crippen LogP contribution in [0.2, 0.25) is 0 Å². The molecule has 1 amide bonds. The summed E-state index contributed by atoms with van der Waals surface area (Å²) in [5.41, 5.74) is 0.483. The number of carboxylic acids is 1. The van der Waals surface area contributed by atoms with E-state index < -0.39 is 5.97 Å². The standard InChI is InChI=1S/C15H22N2O4/c1-11(2)21-13-8-7-12(10-17-13)15(20)16-9-5-3-4-6-14(18)19/h7-8,10-11H,3-6,9H2,1-2H3,(H,16,20)(H,18,19). The monoisotopic (exact) mass is 294 g/mol. The fraction of sp³-hybridized carbons (Fsp3) is 0.533. The van der Waals surface area contributed by atoms with Crippen LogP contribution in [-0.4, -0.2) is 34.6 Å². The lowest BCUT2D eigenvalue weighted by Gasteiger charge is -2.09. The van der Waals surface area contributed by atoms with Gasteiger partial charge in [0, 0.05) is 25.2 Å². The number of unbranched alkanes of at least 4 members (excludes halogenated alkanes) is 2. The molecule has 21 heavy (non-hydrogen) atoms. The number of aliphatic carboxylic acids is 1. The number of carbonyl (C=O) groups excluding carboxylic acids is 1. The van der Waals surface area contributed by atoms with Gasteiger partial charge in [-0.1, -0.05) is 6.42 Å². The molecule has 0 bridgehead atoms. The van der Waals surface area contributed by atoms with Gasteiger partial charge in [-0.05, 0) is 32.8 Å². The van der Waals surface area contributed by atoms with E-state index in [1.807, 2.05) is 13.8 Å². The lowest BCUT2D eigenvalue weighted by Crippen LogP contribution is -2.24. The van der Waals surface area contributed by atoms with Crippen LogP contribution in [0.25, 0.3) is 0 Å². The van der Waals surface area contributed by atoms with Gasteiger partial charge in [-0.25, -0.2) is 4.98 Å². The number of pyridine rings is 1. The maximum absolute atomic E-state index is 11.8. The molecule has 0 fully saturated rings. The van der Waals surface area contributed by atoms with Gasteiger partial charge in [-0.3, -0.25) is 9.59 Å². The molecule has 0 aliphatic rings. The molecule has 0 aliphatic carbocycles. The molecule has 2 N–H and O–H groups in total. The van der Waals surface area contributed by atoms with E-state index in [2.05, 4.69) is 10.3 Å². The highest BCUT2D eigenvalue weighted by Gasteiger charge is 2.06. The van der Waals surface area contributed by atoms with E-state index in [-0.39, 0.29) is 18.4 Å². The molecule has 0 saturated carbocycles. The minimum absolute atomic E-state index is 0.0444.